The van der Waals surface area contributed by atoms with Crippen molar-refractivity contribution in [3.63, 3.8) is 0 Å². The van der Waals surface area contributed by atoms with Gasteiger partial charge in [-0.25, -0.2) is 0 Å². The Hall–Kier alpha value is -2.26. The zero-order valence-electron chi connectivity index (χ0n) is 15.0. The normalized spacial score (nSPS) is 20.0. The van der Waals surface area contributed by atoms with Crippen LogP contribution in [0.2, 0.25) is 5.02 Å². The molecule has 1 heterocycles. The molecule has 1 aliphatic carbocycles. The van der Waals surface area contributed by atoms with Crippen LogP contribution in [0.4, 0.5) is 5.69 Å². The van der Waals surface area contributed by atoms with Gasteiger partial charge in [0.1, 0.15) is 0 Å². The standard InChI is InChI=1S/C22H23ClN2O/c1-15-13-17(11-12-20(15)23)25-21(14-16-7-3-2-4-8-16)18-9-5-6-10-19(18)22(26)24-25/h2-4,7-8,11-13,21H,5-6,9-10,14H2,1H3,(H,24,26). The maximum atomic E-state index is 12.7. The summed E-state index contributed by atoms with van der Waals surface area (Å²) in [5.41, 5.74) is 8.72. The molecule has 0 aromatic heterocycles. The summed E-state index contributed by atoms with van der Waals surface area (Å²) in [6.45, 7) is 2.00. The van der Waals surface area contributed by atoms with E-state index in [1.807, 2.05) is 30.1 Å². The molecule has 2 aromatic carbocycles. The van der Waals surface area contributed by atoms with Crippen LogP contribution in [0, 0.1) is 6.92 Å². The van der Waals surface area contributed by atoms with Crippen LogP contribution in [-0.2, 0) is 11.2 Å². The van der Waals surface area contributed by atoms with Gasteiger partial charge in [0.2, 0.25) is 0 Å². The summed E-state index contributed by atoms with van der Waals surface area (Å²) < 4.78 is 0. The van der Waals surface area contributed by atoms with E-state index in [1.54, 1.807) is 0 Å². The van der Waals surface area contributed by atoms with Crippen LogP contribution in [0.25, 0.3) is 0 Å². The number of anilines is 1. The minimum atomic E-state index is 0.0524. The number of hydrazine groups is 1. The highest BCUT2D eigenvalue weighted by Crippen LogP contribution is 2.36. The Balaban J connectivity index is 1.76. The van der Waals surface area contributed by atoms with Gasteiger partial charge in [0.05, 0.1) is 11.7 Å². The Morgan fingerprint density at radius 3 is 2.65 bits per heavy atom. The molecule has 2 aliphatic rings. The second-order valence-electron chi connectivity index (χ2n) is 7.16. The van der Waals surface area contributed by atoms with Gasteiger partial charge in [-0.15, -0.1) is 0 Å². The van der Waals surface area contributed by atoms with E-state index in [0.717, 1.165) is 54.0 Å². The molecule has 1 atom stereocenters. The molecule has 0 bridgehead atoms. The summed E-state index contributed by atoms with van der Waals surface area (Å²) in [7, 11) is 0. The van der Waals surface area contributed by atoms with E-state index in [0.29, 0.717) is 0 Å². The van der Waals surface area contributed by atoms with E-state index >= 15 is 0 Å². The van der Waals surface area contributed by atoms with Crippen molar-refractivity contribution in [2.24, 2.45) is 0 Å². The maximum absolute atomic E-state index is 12.7. The largest absolute Gasteiger partial charge is 0.278 e. The topological polar surface area (TPSA) is 32.3 Å². The Labute approximate surface area is 159 Å². The molecule has 0 radical (unpaired) electrons. The highest BCUT2D eigenvalue weighted by molar-refractivity contribution is 6.31. The van der Waals surface area contributed by atoms with E-state index in [2.05, 4.69) is 35.8 Å². The molecule has 2 aromatic rings. The van der Waals surface area contributed by atoms with Crippen LogP contribution < -0.4 is 10.4 Å². The number of aryl methyl sites for hydroxylation is 1. The summed E-state index contributed by atoms with van der Waals surface area (Å²) in [6.07, 6.45) is 5.03. The third kappa shape index (κ3) is 3.24. The zero-order valence-corrected chi connectivity index (χ0v) is 15.7. The molecule has 0 saturated carbocycles. The van der Waals surface area contributed by atoms with Crippen molar-refractivity contribution in [2.45, 2.75) is 45.1 Å². The lowest BCUT2D eigenvalue weighted by molar-refractivity contribution is -0.118. The van der Waals surface area contributed by atoms with Crippen molar-refractivity contribution < 1.29 is 4.79 Å². The molecule has 1 unspecified atom stereocenters. The maximum Gasteiger partial charge on any atom is 0.265 e. The van der Waals surface area contributed by atoms with Crippen LogP contribution in [0.1, 0.15) is 36.8 Å². The van der Waals surface area contributed by atoms with Gasteiger partial charge in [-0.05, 0) is 73.9 Å². The second-order valence-corrected chi connectivity index (χ2v) is 7.57. The van der Waals surface area contributed by atoms with Gasteiger partial charge in [0.15, 0.2) is 0 Å². The predicted octanol–water partition coefficient (Wildman–Crippen LogP) is 4.98. The Morgan fingerprint density at radius 2 is 1.88 bits per heavy atom. The average molecular weight is 367 g/mol. The number of nitrogens with zero attached hydrogens (tertiary/aromatic N) is 1. The molecule has 26 heavy (non-hydrogen) atoms. The Morgan fingerprint density at radius 1 is 1.12 bits per heavy atom. The number of hydrogen-bond donors (Lipinski definition) is 1. The first-order valence-corrected chi connectivity index (χ1v) is 9.63. The van der Waals surface area contributed by atoms with Crippen LogP contribution in [0.5, 0.6) is 0 Å². The third-order valence-corrected chi connectivity index (χ3v) is 5.84. The molecule has 1 aliphatic heterocycles. The molecule has 1 N–H and O–H groups in total. The number of benzene rings is 2. The van der Waals surface area contributed by atoms with Crippen LogP contribution in [0.3, 0.4) is 0 Å². The fourth-order valence-corrected chi connectivity index (χ4v) is 4.16. The first kappa shape index (κ1) is 17.2. The summed E-state index contributed by atoms with van der Waals surface area (Å²) in [6, 6.07) is 16.6. The van der Waals surface area contributed by atoms with Gasteiger partial charge < -0.3 is 0 Å². The van der Waals surface area contributed by atoms with Gasteiger partial charge in [0.25, 0.3) is 5.91 Å². The lowest BCUT2D eigenvalue weighted by Gasteiger charge is -2.42. The molecule has 4 heteroatoms. The number of rotatable bonds is 3. The number of amides is 1. The van der Waals surface area contributed by atoms with Gasteiger partial charge in [0, 0.05) is 10.6 Å². The smallest absolute Gasteiger partial charge is 0.265 e. The molecule has 1 amide bonds. The van der Waals surface area contributed by atoms with Crippen molar-refractivity contribution >= 4 is 23.2 Å². The molecule has 4 rings (SSSR count). The summed E-state index contributed by atoms with van der Waals surface area (Å²) in [4.78, 5) is 12.7. The fourth-order valence-electron chi connectivity index (χ4n) is 4.04. The first-order valence-electron chi connectivity index (χ1n) is 9.25. The van der Waals surface area contributed by atoms with Crippen LogP contribution in [-0.4, -0.2) is 11.9 Å². The SMILES string of the molecule is Cc1cc(N2NC(=O)C3=C(CCCC3)C2Cc2ccccc2)ccc1Cl. The van der Waals surface area contributed by atoms with Crippen LogP contribution >= 0.6 is 11.6 Å². The first-order chi connectivity index (χ1) is 12.6. The molecule has 0 saturated heterocycles. The second kappa shape index (κ2) is 7.16. The molecule has 0 spiro atoms. The van der Waals surface area contributed by atoms with Gasteiger partial charge in [-0.3, -0.25) is 15.2 Å². The number of carbonyl (C=O) groups excluding carboxylic acids is 1. The zero-order chi connectivity index (χ0) is 18.1. The highest BCUT2D eigenvalue weighted by Gasteiger charge is 2.35. The summed E-state index contributed by atoms with van der Waals surface area (Å²) in [5, 5.41) is 2.79. The molecule has 0 fully saturated rings. The summed E-state index contributed by atoms with van der Waals surface area (Å²) >= 11 is 6.21. The summed E-state index contributed by atoms with van der Waals surface area (Å²) in [5.74, 6) is 0.0524. The van der Waals surface area contributed by atoms with Crippen molar-refractivity contribution in [1.29, 1.82) is 0 Å². The van der Waals surface area contributed by atoms with Gasteiger partial charge in [-0.1, -0.05) is 41.9 Å². The van der Waals surface area contributed by atoms with E-state index in [-0.39, 0.29) is 11.9 Å². The Kier molecular flexibility index (Phi) is 4.73. The molecular formula is C22H23ClN2O. The van der Waals surface area contributed by atoms with E-state index in [4.69, 9.17) is 11.6 Å². The highest BCUT2D eigenvalue weighted by atomic mass is 35.5. The lowest BCUT2D eigenvalue weighted by atomic mass is 9.83. The fraction of sp³-hybridized carbons (Fsp3) is 0.318. The Bertz CT molecular complexity index is 860. The monoisotopic (exact) mass is 366 g/mol. The average Bonchev–Trinajstić information content (AvgIpc) is 2.67. The predicted molar refractivity (Wildman–Crippen MR) is 106 cm³/mol. The van der Waals surface area contributed by atoms with E-state index in [9.17, 15) is 4.79 Å². The third-order valence-electron chi connectivity index (χ3n) is 5.41. The minimum absolute atomic E-state index is 0.0524. The van der Waals surface area contributed by atoms with E-state index in [1.165, 1.54) is 11.1 Å². The number of nitrogens with one attached hydrogen (secondary N) is 1. The minimum Gasteiger partial charge on any atom is -0.278 e. The molecule has 134 valence electrons. The lowest BCUT2D eigenvalue weighted by Crippen LogP contribution is -2.55. The van der Waals surface area contributed by atoms with Crippen molar-refractivity contribution in [1.82, 2.24) is 5.43 Å². The molecule has 3 nitrogen and oxygen atoms in total. The van der Waals surface area contributed by atoms with Crippen molar-refractivity contribution in [3.8, 4) is 0 Å². The molecular weight excluding hydrogens is 344 g/mol. The van der Waals surface area contributed by atoms with Gasteiger partial charge in [-0.2, -0.15) is 0 Å². The quantitative estimate of drug-likeness (QED) is 0.830. The number of carbonyl (C=O) groups is 1. The van der Waals surface area contributed by atoms with Crippen LogP contribution in [0.15, 0.2) is 59.7 Å². The number of halogens is 1. The number of hydrogen-bond acceptors (Lipinski definition) is 2. The van der Waals surface area contributed by atoms with E-state index < -0.39 is 0 Å². The van der Waals surface area contributed by atoms with Gasteiger partial charge >= 0.3 is 0 Å². The van der Waals surface area contributed by atoms with Crippen molar-refractivity contribution in [3.05, 3.63) is 75.8 Å². The van der Waals surface area contributed by atoms with Crippen molar-refractivity contribution in [2.75, 3.05) is 5.01 Å².